The molecule has 7 nitrogen and oxygen atoms in total. The normalized spacial score (nSPS) is 17.3. The van der Waals surface area contributed by atoms with Crippen LogP contribution in [0.2, 0.25) is 0 Å². The molecule has 0 saturated heterocycles. The maximum absolute atomic E-state index is 11.4. The predicted molar refractivity (Wildman–Crippen MR) is 71.3 cm³/mol. The van der Waals surface area contributed by atoms with Crippen LogP contribution in [0.1, 0.15) is 25.7 Å². The molecule has 0 amide bonds. The first-order valence-corrected chi connectivity index (χ1v) is 7.04. The molecule has 120 valence electrons. The van der Waals surface area contributed by atoms with E-state index < -0.39 is 37.0 Å². The first-order chi connectivity index (χ1) is 9.45. The largest absolute Gasteiger partial charge is 0.464 e. The van der Waals surface area contributed by atoms with Gasteiger partial charge in [-0.2, -0.15) is 0 Å². The van der Waals surface area contributed by atoms with Crippen LogP contribution in [0.5, 0.6) is 0 Å². The topological polar surface area (TPSA) is 127 Å². The second-order valence-electron chi connectivity index (χ2n) is 4.45. The summed E-state index contributed by atoms with van der Waals surface area (Å²) in [6.45, 7) is -0.718. The lowest BCUT2D eigenvalue weighted by molar-refractivity contribution is -0.170. The molecule has 0 aromatic heterocycles. The molecular weight excluding hydrogens is 292 g/mol. The fourth-order valence-corrected chi connectivity index (χ4v) is 1.66. The van der Waals surface area contributed by atoms with E-state index in [4.69, 9.17) is 26.6 Å². The summed E-state index contributed by atoms with van der Waals surface area (Å²) >= 11 is 5.50. The maximum atomic E-state index is 11.4. The van der Waals surface area contributed by atoms with Gasteiger partial charge in [-0.1, -0.05) is 12.8 Å². The number of rotatable bonds is 11. The Kier molecular flexibility index (Phi) is 11.0. The number of unbranched alkanes of at least 4 members (excludes halogenated alkanes) is 3. The highest BCUT2D eigenvalue weighted by Gasteiger charge is 2.34. The number of aliphatic hydroxyl groups excluding tert-OH is 5. The summed E-state index contributed by atoms with van der Waals surface area (Å²) in [5.74, 6) is -0.505. The fourth-order valence-electron chi connectivity index (χ4n) is 1.47. The first-order valence-electron chi connectivity index (χ1n) is 6.51. The van der Waals surface area contributed by atoms with E-state index in [0.29, 0.717) is 12.3 Å². The summed E-state index contributed by atoms with van der Waals surface area (Å²) in [5.41, 5.74) is 0. The fraction of sp³-hybridized carbons (Fsp3) is 0.917. The van der Waals surface area contributed by atoms with E-state index in [1.807, 2.05) is 0 Å². The number of carbonyl (C=O) groups excluding carboxylic acids is 1. The van der Waals surface area contributed by atoms with Gasteiger partial charge in [0.25, 0.3) is 0 Å². The average molecular weight is 315 g/mol. The number of ether oxygens (including phenoxy) is 1. The second kappa shape index (κ2) is 11.2. The predicted octanol–water partition coefficient (Wildman–Crippen LogP) is -1.24. The van der Waals surface area contributed by atoms with Gasteiger partial charge in [0.1, 0.15) is 18.3 Å². The number of halogens is 1. The maximum Gasteiger partial charge on any atom is 0.337 e. The molecule has 20 heavy (non-hydrogen) atoms. The standard InChI is InChI=1S/C12H23ClO7/c13-5-3-1-2-4-6-20-12(19)11(18)10(17)9(16)8(15)7-14/h8-11,14-18H,1-7H2/t8-,9-,10+,11-/m1/s1. The van der Waals surface area contributed by atoms with Crippen LogP contribution in [0.4, 0.5) is 0 Å². The van der Waals surface area contributed by atoms with Crippen LogP contribution < -0.4 is 0 Å². The van der Waals surface area contributed by atoms with Gasteiger partial charge in [-0.3, -0.25) is 0 Å². The third kappa shape index (κ3) is 7.37. The highest BCUT2D eigenvalue weighted by atomic mass is 35.5. The van der Waals surface area contributed by atoms with Gasteiger partial charge in [-0.25, -0.2) is 4.79 Å². The van der Waals surface area contributed by atoms with E-state index in [2.05, 4.69) is 0 Å². The Morgan fingerprint density at radius 1 is 1.00 bits per heavy atom. The molecule has 0 saturated carbocycles. The van der Waals surface area contributed by atoms with Crippen LogP contribution >= 0.6 is 11.6 Å². The summed E-state index contributed by atoms with van der Waals surface area (Å²) in [4.78, 5) is 11.4. The van der Waals surface area contributed by atoms with Crippen molar-refractivity contribution >= 4 is 17.6 Å². The first kappa shape index (κ1) is 19.6. The van der Waals surface area contributed by atoms with Crippen molar-refractivity contribution in [3.8, 4) is 0 Å². The van der Waals surface area contributed by atoms with Crippen molar-refractivity contribution in [2.75, 3.05) is 19.1 Å². The Morgan fingerprint density at radius 2 is 1.60 bits per heavy atom. The lowest BCUT2D eigenvalue weighted by atomic mass is 10.0. The zero-order valence-corrected chi connectivity index (χ0v) is 11.9. The molecule has 0 fully saturated rings. The zero-order valence-electron chi connectivity index (χ0n) is 11.2. The van der Waals surface area contributed by atoms with Gasteiger partial charge in [0.15, 0.2) is 6.10 Å². The van der Waals surface area contributed by atoms with E-state index in [1.165, 1.54) is 0 Å². The Hall–Kier alpha value is -0.440. The number of aliphatic hydroxyl groups is 5. The van der Waals surface area contributed by atoms with E-state index in [1.54, 1.807) is 0 Å². The van der Waals surface area contributed by atoms with Gasteiger partial charge in [0, 0.05) is 5.88 Å². The average Bonchev–Trinajstić information content (AvgIpc) is 2.47. The lowest BCUT2D eigenvalue weighted by Crippen LogP contribution is -2.49. The second-order valence-corrected chi connectivity index (χ2v) is 4.82. The molecule has 0 rings (SSSR count). The number of hydrogen-bond acceptors (Lipinski definition) is 7. The Morgan fingerprint density at radius 3 is 2.15 bits per heavy atom. The molecule has 0 aliphatic carbocycles. The van der Waals surface area contributed by atoms with Crippen molar-refractivity contribution in [1.29, 1.82) is 0 Å². The van der Waals surface area contributed by atoms with Gasteiger partial charge in [0.2, 0.25) is 0 Å². The molecule has 0 aromatic rings. The van der Waals surface area contributed by atoms with Crippen molar-refractivity contribution in [2.45, 2.75) is 50.1 Å². The molecule has 0 spiro atoms. The Balaban J connectivity index is 3.96. The molecule has 0 aliphatic rings. The smallest absolute Gasteiger partial charge is 0.337 e. The minimum Gasteiger partial charge on any atom is -0.464 e. The van der Waals surface area contributed by atoms with Crippen LogP contribution in [-0.2, 0) is 9.53 Å². The monoisotopic (exact) mass is 314 g/mol. The molecule has 0 heterocycles. The van der Waals surface area contributed by atoms with E-state index >= 15 is 0 Å². The van der Waals surface area contributed by atoms with Crippen LogP contribution in [-0.4, -0.2) is 75.0 Å². The highest BCUT2D eigenvalue weighted by Crippen LogP contribution is 2.07. The van der Waals surface area contributed by atoms with E-state index in [0.717, 1.165) is 19.3 Å². The summed E-state index contributed by atoms with van der Waals surface area (Å²) in [5, 5.41) is 45.9. The quantitative estimate of drug-likeness (QED) is 0.183. The van der Waals surface area contributed by atoms with Gasteiger partial charge >= 0.3 is 5.97 Å². The van der Waals surface area contributed by atoms with Gasteiger partial charge < -0.3 is 30.3 Å². The summed E-state index contributed by atoms with van der Waals surface area (Å²) in [6.07, 6.45) is -4.18. The summed E-state index contributed by atoms with van der Waals surface area (Å²) < 4.78 is 4.73. The van der Waals surface area contributed by atoms with Gasteiger partial charge in [0.05, 0.1) is 13.2 Å². The lowest BCUT2D eigenvalue weighted by Gasteiger charge is -2.24. The zero-order chi connectivity index (χ0) is 15.5. The van der Waals surface area contributed by atoms with E-state index in [-0.39, 0.29) is 6.61 Å². The van der Waals surface area contributed by atoms with Crippen molar-refractivity contribution in [3.63, 3.8) is 0 Å². The van der Waals surface area contributed by atoms with Crippen molar-refractivity contribution < 1.29 is 35.1 Å². The molecule has 0 unspecified atom stereocenters. The molecule has 5 N–H and O–H groups in total. The summed E-state index contributed by atoms with van der Waals surface area (Å²) in [7, 11) is 0. The van der Waals surface area contributed by atoms with Crippen LogP contribution in [0.15, 0.2) is 0 Å². The molecule has 0 aromatic carbocycles. The molecular formula is C12H23ClO7. The number of hydrogen-bond donors (Lipinski definition) is 5. The van der Waals surface area contributed by atoms with Gasteiger partial charge in [-0.05, 0) is 12.8 Å². The Labute approximate surface area is 122 Å². The minimum absolute atomic E-state index is 0.0869. The SMILES string of the molecule is O=C(OCCCCCCCl)[C@H](O)[C@@H](O)[C@H](O)[C@H](O)CO. The van der Waals surface area contributed by atoms with Crippen molar-refractivity contribution in [2.24, 2.45) is 0 Å². The molecule has 4 atom stereocenters. The number of esters is 1. The minimum atomic E-state index is -1.98. The number of carbonyl (C=O) groups is 1. The van der Waals surface area contributed by atoms with Crippen LogP contribution in [0.3, 0.4) is 0 Å². The van der Waals surface area contributed by atoms with Crippen LogP contribution in [0.25, 0.3) is 0 Å². The van der Waals surface area contributed by atoms with Gasteiger partial charge in [-0.15, -0.1) is 11.6 Å². The molecule has 8 heteroatoms. The summed E-state index contributed by atoms with van der Waals surface area (Å²) in [6, 6.07) is 0. The van der Waals surface area contributed by atoms with Crippen molar-refractivity contribution in [3.05, 3.63) is 0 Å². The van der Waals surface area contributed by atoms with Crippen molar-refractivity contribution in [1.82, 2.24) is 0 Å². The van der Waals surface area contributed by atoms with E-state index in [9.17, 15) is 20.1 Å². The number of alkyl halides is 1. The third-order valence-electron chi connectivity index (χ3n) is 2.77. The molecule has 0 bridgehead atoms. The molecule has 0 radical (unpaired) electrons. The molecule has 0 aliphatic heterocycles. The Bertz CT molecular complexity index is 264. The van der Waals surface area contributed by atoms with Crippen LogP contribution in [0, 0.1) is 0 Å². The highest BCUT2D eigenvalue weighted by molar-refractivity contribution is 6.17. The third-order valence-corrected chi connectivity index (χ3v) is 3.04.